The van der Waals surface area contributed by atoms with Gasteiger partial charge in [-0.3, -0.25) is 9.79 Å². The topological polar surface area (TPSA) is 65.5 Å². The maximum absolute atomic E-state index is 11.9. The highest BCUT2D eigenvalue weighted by Gasteiger charge is 2.27. The van der Waals surface area contributed by atoms with E-state index in [1.807, 2.05) is 20.8 Å². The lowest BCUT2D eigenvalue weighted by molar-refractivity contribution is -0.128. The van der Waals surface area contributed by atoms with Crippen molar-refractivity contribution in [2.45, 2.75) is 53.4 Å². The molecule has 0 aliphatic carbocycles. The number of amides is 1. The second-order valence-electron chi connectivity index (χ2n) is 5.66. The first-order valence-electron chi connectivity index (χ1n) is 7.70. The lowest BCUT2D eigenvalue weighted by Crippen LogP contribution is -2.48. The zero-order valence-corrected chi connectivity index (χ0v) is 16.5. The molecule has 0 fully saturated rings. The van der Waals surface area contributed by atoms with Crippen LogP contribution in [0.2, 0.25) is 0 Å². The summed E-state index contributed by atoms with van der Waals surface area (Å²) in [6.07, 6.45) is 4.91. The van der Waals surface area contributed by atoms with Gasteiger partial charge in [0.1, 0.15) is 0 Å². The van der Waals surface area contributed by atoms with E-state index in [0.29, 0.717) is 13.1 Å². The number of carbonyl (C=O) groups excluding carboxylic acids is 1. The van der Waals surface area contributed by atoms with Gasteiger partial charge in [0.05, 0.1) is 5.41 Å². The van der Waals surface area contributed by atoms with Crippen molar-refractivity contribution >= 4 is 35.8 Å². The van der Waals surface area contributed by atoms with Crippen LogP contribution in [0.1, 0.15) is 53.4 Å². The molecule has 0 aromatic heterocycles. The minimum Gasteiger partial charge on any atom is -0.356 e. The van der Waals surface area contributed by atoms with Gasteiger partial charge in [-0.15, -0.1) is 24.0 Å². The normalized spacial score (nSPS) is 11.6. The molecular weight excluding hydrogens is 379 g/mol. The summed E-state index contributed by atoms with van der Waals surface area (Å²) in [5.74, 6) is 0.824. The molecule has 0 aliphatic heterocycles. The van der Waals surface area contributed by atoms with Gasteiger partial charge in [0.15, 0.2) is 5.96 Å². The fraction of sp³-hybridized carbons (Fsp3) is 0.867. The van der Waals surface area contributed by atoms with Crippen LogP contribution in [0, 0.1) is 5.41 Å². The summed E-state index contributed by atoms with van der Waals surface area (Å²) >= 11 is 0. The van der Waals surface area contributed by atoms with Gasteiger partial charge in [0.25, 0.3) is 0 Å². The standard InChI is InChI=1S/C15H32N4O.HI/c1-6-8-9-10-11-18-14(16-5)19-12-15(3,4)13(20)17-7-2;/h6-12H2,1-5H3,(H,17,20)(H2,16,18,19);1H. The van der Waals surface area contributed by atoms with E-state index < -0.39 is 5.41 Å². The van der Waals surface area contributed by atoms with Crippen LogP contribution in [0.4, 0.5) is 0 Å². The summed E-state index contributed by atoms with van der Waals surface area (Å²) in [5, 5.41) is 9.35. The molecule has 0 atom stereocenters. The van der Waals surface area contributed by atoms with E-state index in [1.165, 1.54) is 19.3 Å². The van der Waals surface area contributed by atoms with Gasteiger partial charge in [-0.2, -0.15) is 0 Å². The Labute approximate surface area is 147 Å². The van der Waals surface area contributed by atoms with Crippen LogP contribution in [0.25, 0.3) is 0 Å². The quantitative estimate of drug-likeness (QED) is 0.236. The van der Waals surface area contributed by atoms with E-state index in [9.17, 15) is 4.79 Å². The molecule has 0 saturated carbocycles. The maximum Gasteiger partial charge on any atom is 0.227 e. The second kappa shape index (κ2) is 13.2. The Balaban J connectivity index is 0. The summed E-state index contributed by atoms with van der Waals surface area (Å²) in [6.45, 7) is 10.1. The molecule has 126 valence electrons. The Morgan fingerprint density at radius 3 is 2.24 bits per heavy atom. The molecule has 5 nitrogen and oxygen atoms in total. The Kier molecular flexibility index (Phi) is 14.2. The molecule has 0 radical (unpaired) electrons. The van der Waals surface area contributed by atoms with Gasteiger partial charge in [-0.1, -0.05) is 26.2 Å². The van der Waals surface area contributed by atoms with E-state index in [2.05, 4.69) is 27.9 Å². The molecule has 0 aliphatic rings. The van der Waals surface area contributed by atoms with E-state index in [0.717, 1.165) is 18.9 Å². The molecule has 0 aromatic rings. The number of unbranched alkanes of at least 4 members (excludes halogenated alkanes) is 3. The zero-order valence-electron chi connectivity index (χ0n) is 14.2. The molecule has 1 amide bonds. The minimum atomic E-state index is -0.449. The van der Waals surface area contributed by atoms with Crippen LogP contribution in [0.5, 0.6) is 0 Å². The Bertz CT molecular complexity index is 306. The molecule has 0 bridgehead atoms. The van der Waals surface area contributed by atoms with E-state index in [-0.39, 0.29) is 29.9 Å². The lowest BCUT2D eigenvalue weighted by atomic mass is 9.92. The largest absolute Gasteiger partial charge is 0.356 e. The van der Waals surface area contributed by atoms with Crippen molar-refractivity contribution in [1.82, 2.24) is 16.0 Å². The minimum absolute atomic E-state index is 0. The molecule has 0 heterocycles. The first-order valence-corrected chi connectivity index (χ1v) is 7.70. The third kappa shape index (κ3) is 10.8. The van der Waals surface area contributed by atoms with Crippen molar-refractivity contribution < 1.29 is 4.79 Å². The fourth-order valence-electron chi connectivity index (χ4n) is 1.76. The summed E-state index contributed by atoms with van der Waals surface area (Å²) in [7, 11) is 1.75. The van der Waals surface area contributed by atoms with Crippen molar-refractivity contribution in [2.24, 2.45) is 10.4 Å². The van der Waals surface area contributed by atoms with Gasteiger partial charge >= 0.3 is 0 Å². The Morgan fingerprint density at radius 1 is 1.05 bits per heavy atom. The van der Waals surface area contributed by atoms with Crippen molar-refractivity contribution in [3.63, 3.8) is 0 Å². The monoisotopic (exact) mass is 412 g/mol. The average Bonchev–Trinajstić information content (AvgIpc) is 2.42. The predicted molar refractivity (Wildman–Crippen MR) is 101 cm³/mol. The van der Waals surface area contributed by atoms with Crippen LogP contribution in [-0.2, 0) is 4.79 Å². The molecule has 0 saturated heterocycles. The van der Waals surface area contributed by atoms with Crippen LogP contribution in [0.15, 0.2) is 4.99 Å². The number of aliphatic imine (C=N–C) groups is 1. The van der Waals surface area contributed by atoms with Crippen molar-refractivity contribution in [2.75, 3.05) is 26.7 Å². The third-order valence-electron chi connectivity index (χ3n) is 3.20. The summed E-state index contributed by atoms with van der Waals surface area (Å²) in [5.41, 5.74) is -0.449. The molecule has 0 unspecified atom stereocenters. The van der Waals surface area contributed by atoms with Crippen molar-refractivity contribution in [3.05, 3.63) is 0 Å². The molecule has 21 heavy (non-hydrogen) atoms. The van der Waals surface area contributed by atoms with Crippen molar-refractivity contribution in [3.8, 4) is 0 Å². The Hall–Kier alpha value is -0.530. The van der Waals surface area contributed by atoms with Gasteiger partial charge in [-0.25, -0.2) is 0 Å². The van der Waals surface area contributed by atoms with Gasteiger partial charge in [0.2, 0.25) is 5.91 Å². The number of nitrogens with one attached hydrogen (secondary N) is 3. The van der Waals surface area contributed by atoms with Gasteiger partial charge < -0.3 is 16.0 Å². The van der Waals surface area contributed by atoms with Crippen LogP contribution < -0.4 is 16.0 Å². The fourth-order valence-corrected chi connectivity index (χ4v) is 1.76. The SMILES string of the molecule is CCCCCCNC(=NC)NCC(C)(C)C(=O)NCC.I. The number of halogens is 1. The first-order chi connectivity index (χ1) is 9.47. The Morgan fingerprint density at radius 2 is 1.71 bits per heavy atom. The number of guanidine groups is 1. The zero-order chi connectivity index (χ0) is 15.4. The number of hydrogen-bond acceptors (Lipinski definition) is 2. The molecule has 3 N–H and O–H groups in total. The highest BCUT2D eigenvalue weighted by molar-refractivity contribution is 14.0. The second-order valence-corrected chi connectivity index (χ2v) is 5.66. The highest BCUT2D eigenvalue weighted by Crippen LogP contribution is 2.13. The number of carbonyl (C=O) groups is 1. The summed E-state index contributed by atoms with van der Waals surface area (Å²) in [6, 6.07) is 0. The smallest absolute Gasteiger partial charge is 0.227 e. The van der Waals surface area contributed by atoms with Gasteiger partial charge in [-0.05, 0) is 27.2 Å². The predicted octanol–water partition coefficient (Wildman–Crippen LogP) is 2.51. The van der Waals surface area contributed by atoms with Crippen LogP contribution in [0.3, 0.4) is 0 Å². The molecule has 0 rings (SSSR count). The summed E-state index contributed by atoms with van der Waals surface area (Å²) < 4.78 is 0. The lowest BCUT2D eigenvalue weighted by Gasteiger charge is -2.24. The van der Waals surface area contributed by atoms with Crippen molar-refractivity contribution in [1.29, 1.82) is 0 Å². The third-order valence-corrected chi connectivity index (χ3v) is 3.20. The number of rotatable bonds is 9. The van der Waals surface area contributed by atoms with E-state index in [1.54, 1.807) is 7.05 Å². The molecular formula is C15H33IN4O. The highest BCUT2D eigenvalue weighted by atomic mass is 127. The van der Waals surface area contributed by atoms with Gasteiger partial charge in [0, 0.05) is 26.7 Å². The molecule has 0 aromatic carbocycles. The number of hydrogen-bond donors (Lipinski definition) is 3. The summed E-state index contributed by atoms with van der Waals surface area (Å²) in [4.78, 5) is 16.1. The van der Waals surface area contributed by atoms with E-state index in [4.69, 9.17) is 0 Å². The van der Waals surface area contributed by atoms with E-state index >= 15 is 0 Å². The first kappa shape index (κ1) is 22.7. The number of nitrogens with zero attached hydrogens (tertiary/aromatic N) is 1. The molecule has 0 spiro atoms. The average molecular weight is 412 g/mol. The van der Waals surface area contributed by atoms with Crippen LogP contribution in [-0.4, -0.2) is 38.5 Å². The molecule has 6 heteroatoms. The van der Waals surface area contributed by atoms with Crippen LogP contribution >= 0.6 is 24.0 Å². The maximum atomic E-state index is 11.9.